The fourth-order valence-electron chi connectivity index (χ4n) is 2.71. The third-order valence-corrected chi connectivity index (χ3v) is 6.21. The van der Waals surface area contributed by atoms with E-state index in [0.29, 0.717) is 21.7 Å². The van der Waals surface area contributed by atoms with Crippen molar-refractivity contribution in [1.29, 1.82) is 0 Å². The summed E-state index contributed by atoms with van der Waals surface area (Å²) < 4.78 is 0.663. The summed E-state index contributed by atoms with van der Waals surface area (Å²) in [6, 6.07) is 3.23. The van der Waals surface area contributed by atoms with E-state index in [1.165, 1.54) is 32.5 Å². The first-order valence-electron chi connectivity index (χ1n) is 8.73. The molecule has 29 heavy (non-hydrogen) atoms. The average molecular weight is 458 g/mol. The number of nitrogens with one attached hydrogen (secondary N) is 2. The molecule has 4 amide bonds. The second-order valence-electron chi connectivity index (χ2n) is 6.54. The van der Waals surface area contributed by atoms with Gasteiger partial charge in [-0.1, -0.05) is 11.6 Å². The predicted molar refractivity (Wildman–Crippen MR) is 111 cm³/mol. The van der Waals surface area contributed by atoms with Gasteiger partial charge in [0.25, 0.3) is 0 Å². The molecule has 0 aliphatic carbocycles. The number of thiophene rings is 1. The number of aliphatic hydroxyl groups is 1. The van der Waals surface area contributed by atoms with E-state index < -0.39 is 6.10 Å². The molecule has 0 spiro atoms. The van der Waals surface area contributed by atoms with Crippen molar-refractivity contribution in [3.63, 3.8) is 0 Å². The number of aromatic nitrogens is 1. The highest BCUT2D eigenvalue weighted by Crippen LogP contribution is 2.21. The molecule has 0 radical (unpaired) electrons. The Morgan fingerprint density at radius 1 is 1.45 bits per heavy atom. The third-order valence-electron chi connectivity index (χ3n) is 4.17. The molecule has 156 valence electrons. The summed E-state index contributed by atoms with van der Waals surface area (Å²) in [5.74, 6) is -0.475. The number of halogens is 1. The van der Waals surface area contributed by atoms with Crippen LogP contribution in [0.4, 0.5) is 9.93 Å². The Hall–Kier alpha value is -2.21. The van der Waals surface area contributed by atoms with E-state index >= 15 is 0 Å². The number of rotatable bonds is 7. The van der Waals surface area contributed by atoms with Crippen molar-refractivity contribution in [2.75, 3.05) is 25.5 Å². The van der Waals surface area contributed by atoms with Gasteiger partial charge in [0.05, 0.1) is 42.2 Å². The molecule has 1 unspecified atom stereocenters. The molecule has 3 N–H and O–H groups in total. The van der Waals surface area contributed by atoms with Gasteiger partial charge in [-0.05, 0) is 12.1 Å². The Bertz CT molecular complexity index is 902. The van der Waals surface area contributed by atoms with E-state index in [0.717, 1.165) is 4.88 Å². The largest absolute Gasteiger partial charge is 0.391 e. The van der Waals surface area contributed by atoms with Crippen molar-refractivity contribution in [2.45, 2.75) is 25.6 Å². The molecule has 1 aliphatic heterocycles. The van der Waals surface area contributed by atoms with Crippen LogP contribution in [0.25, 0.3) is 0 Å². The Labute approximate surface area is 180 Å². The molecular weight excluding hydrogens is 438 g/mol. The van der Waals surface area contributed by atoms with Crippen LogP contribution in [-0.4, -0.2) is 64.0 Å². The van der Waals surface area contributed by atoms with Crippen molar-refractivity contribution in [1.82, 2.24) is 20.1 Å². The van der Waals surface area contributed by atoms with Gasteiger partial charge in [0.15, 0.2) is 5.13 Å². The van der Waals surface area contributed by atoms with Gasteiger partial charge in [-0.2, -0.15) is 0 Å². The summed E-state index contributed by atoms with van der Waals surface area (Å²) in [6.45, 7) is 0.715. The lowest BCUT2D eigenvalue weighted by Crippen LogP contribution is -2.39. The van der Waals surface area contributed by atoms with Crippen molar-refractivity contribution in [3.8, 4) is 0 Å². The zero-order valence-electron chi connectivity index (χ0n) is 15.6. The Balaban J connectivity index is 1.44. The van der Waals surface area contributed by atoms with Crippen LogP contribution >= 0.6 is 34.3 Å². The number of thiazole rings is 1. The number of β-amino-alcohol motifs (C(OH)–C–C–N with tert-alkyl or cyclic N) is 1. The van der Waals surface area contributed by atoms with Gasteiger partial charge >= 0.3 is 6.03 Å². The Morgan fingerprint density at radius 2 is 2.24 bits per heavy atom. The molecule has 1 aliphatic rings. The zero-order chi connectivity index (χ0) is 21.0. The molecule has 0 bridgehead atoms. The number of nitrogens with zero attached hydrogens (tertiary/aromatic N) is 3. The summed E-state index contributed by atoms with van der Waals surface area (Å²) >= 11 is 8.51. The monoisotopic (exact) mass is 457 g/mol. The lowest BCUT2D eigenvalue weighted by molar-refractivity contribution is -0.137. The van der Waals surface area contributed by atoms with E-state index in [1.54, 1.807) is 18.5 Å². The lowest BCUT2D eigenvalue weighted by atomic mass is 10.3. The molecule has 0 aromatic carbocycles. The maximum atomic E-state index is 12.3. The maximum Gasteiger partial charge on any atom is 0.321 e. The van der Waals surface area contributed by atoms with Gasteiger partial charge in [-0.15, -0.1) is 22.7 Å². The van der Waals surface area contributed by atoms with Crippen LogP contribution in [0.3, 0.4) is 0 Å². The van der Waals surface area contributed by atoms with E-state index in [9.17, 15) is 19.5 Å². The van der Waals surface area contributed by atoms with E-state index in [-0.39, 0.29) is 43.9 Å². The van der Waals surface area contributed by atoms with Crippen LogP contribution in [0.1, 0.15) is 17.0 Å². The quantitative estimate of drug-likeness (QED) is 0.585. The Kier molecular flexibility index (Phi) is 7.06. The average Bonchev–Trinajstić information content (AvgIpc) is 3.35. The second kappa shape index (κ2) is 9.53. The molecule has 1 fully saturated rings. The predicted octanol–water partition coefficient (Wildman–Crippen LogP) is 1.73. The molecule has 0 saturated carbocycles. The molecule has 3 heterocycles. The maximum absolute atomic E-state index is 12.3. The van der Waals surface area contributed by atoms with Crippen molar-refractivity contribution >= 4 is 57.3 Å². The Morgan fingerprint density at radius 3 is 2.90 bits per heavy atom. The highest BCUT2D eigenvalue weighted by atomic mass is 35.5. The highest BCUT2D eigenvalue weighted by molar-refractivity contribution is 7.16. The number of likely N-dealkylation sites (tertiary alicyclic amines) is 1. The number of amides is 4. The van der Waals surface area contributed by atoms with Crippen LogP contribution in [0.15, 0.2) is 17.5 Å². The van der Waals surface area contributed by atoms with E-state index in [4.69, 9.17) is 11.6 Å². The van der Waals surface area contributed by atoms with Crippen LogP contribution in [0, 0.1) is 0 Å². The minimum atomic E-state index is -0.712. The first-order valence-corrected chi connectivity index (χ1v) is 10.8. The van der Waals surface area contributed by atoms with Gasteiger partial charge in [-0.3, -0.25) is 14.9 Å². The van der Waals surface area contributed by atoms with Crippen molar-refractivity contribution in [3.05, 3.63) is 32.4 Å². The van der Waals surface area contributed by atoms with Gasteiger partial charge in [0, 0.05) is 23.8 Å². The van der Waals surface area contributed by atoms with Crippen LogP contribution in [0.2, 0.25) is 4.34 Å². The third kappa shape index (κ3) is 6.13. The minimum Gasteiger partial charge on any atom is -0.391 e. The van der Waals surface area contributed by atoms with Crippen LogP contribution in [0.5, 0.6) is 0 Å². The fourth-order valence-corrected chi connectivity index (χ4v) is 4.44. The molecule has 1 saturated heterocycles. The smallest absolute Gasteiger partial charge is 0.321 e. The van der Waals surface area contributed by atoms with Gasteiger partial charge in [0.1, 0.15) is 0 Å². The molecule has 12 heteroatoms. The molecule has 2 aromatic rings. The van der Waals surface area contributed by atoms with Gasteiger partial charge in [-0.25, -0.2) is 9.78 Å². The number of anilines is 1. The van der Waals surface area contributed by atoms with Gasteiger partial charge < -0.3 is 20.2 Å². The normalized spacial score (nSPS) is 16.2. The fraction of sp³-hybridized carbons (Fsp3) is 0.412. The number of hydrogen-bond acceptors (Lipinski definition) is 7. The second-order valence-corrected chi connectivity index (χ2v) is 9.20. The standard InChI is InChI=1S/C17H20ClN5O4S2/c1-22(15(26)8-23-7-11(24)4-14(23)25)6-10-9-28-17(20-10)21-16(27)19-5-12-2-3-13(18)29-12/h2-3,9,11,24H,4-8H2,1H3,(H2,19,20,21,27). The molecule has 9 nitrogen and oxygen atoms in total. The first kappa shape index (κ1) is 21.5. The SMILES string of the molecule is CN(Cc1csc(NC(=O)NCc2ccc(Cl)s2)n1)C(=O)CN1CC(O)CC1=O. The lowest BCUT2D eigenvalue weighted by Gasteiger charge is -2.20. The highest BCUT2D eigenvalue weighted by Gasteiger charge is 2.30. The van der Waals surface area contributed by atoms with Crippen molar-refractivity contribution < 1.29 is 19.5 Å². The number of carbonyl (C=O) groups excluding carboxylic acids is 3. The number of urea groups is 1. The summed E-state index contributed by atoms with van der Waals surface area (Å²) in [4.78, 5) is 44.0. The molecule has 3 rings (SSSR count). The summed E-state index contributed by atoms with van der Waals surface area (Å²) in [5, 5.41) is 17.0. The molecule has 2 aromatic heterocycles. The van der Waals surface area contributed by atoms with Crippen molar-refractivity contribution in [2.24, 2.45) is 0 Å². The van der Waals surface area contributed by atoms with Crippen LogP contribution < -0.4 is 10.6 Å². The number of aliphatic hydroxyl groups excluding tert-OH is 1. The summed E-state index contributed by atoms with van der Waals surface area (Å²) in [6.07, 6.45) is -0.657. The van der Waals surface area contributed by atoms with Crippen LogP contribution in [-0.2, 0) is 22.7 Å². The first-order chi connectivity index (χ1) is 13.8. The zero-order valence-corrected chi connectivity index (χ0v) is 17.9. The van der Waals surface area contributed by atoms with Gasteiger partial charge in [0.2, 0.25) is 11.8 Å². The van der Waals surface area contributed by atoms with E-state index in [2.05, 4.69) is 15.6 Å². The molecule has 1 atom stereocenters. The molecular formula is C17H20ClN5O4S2. The summed E-state index contributed by atoms with van der Waals surface area (Å²) in [5.41, 5.74) is 0.624. The minimum absolute atomic E-state index is 0.0553. The summed E-state index contributed by atoms with van der Waals surface area (Å²) in [7, 11) is 1.62. The van der Waals surface area contributed by atoms with E-state index in [1.807, 2.05) is 6.07 Å². The number of carbonyl (C=O) groups is 3. The topological polar surface area (TPSA) is 115 Å². The number of likely N-dealkylation sites (N-methyl/N-ethyl adjacent to an activating group) is 1. The number of hydrogen-bond donors (Lipinski definition) is 3.